The maximum absolute atomic E-state index is 9.37. The van der Waals surface area contributed by atoms with E-state index in [4.69, 9.17) is 15.1 Å². The Balaban J connectivity index is 0.000000198. The van der Waals surface area contributed by atoms with Crippen molar-refractivity contribution in [2.24, 2.45) is 5.41 Å². The third-order valence-corrected chi connectivity index (χ3v) is 4.29. The molecular weight excluding hydrogens is 322 g/mol. The lowest BCUT2D eigenvalue weighted by Gasteiger charge is -2.13. The van der Waals surface area contributed by atoms with Crippen molar-refractivity contribution >= 4 is 12.6 Å². The number of aromatic hydroxyl groups is 1. The molecule has 2 aromatic carbocycles. The van der Waals surface area contributed by atoms with Gasteiger partial charge < -0.3 is 14.9 Å². The van der Waals surface area contributed by atoms with Gasteiger partial charge in [0.2, 0.25) is 0 Å². The van der Waals surface area contributed by atoms with Gasteiger partial charge in [-0.25, -0.2) is 0 Å². The molecule has 126 valence electrons. The van der Waals surface area contributed by atoms with E-state index in [0.717, 1.165) is 23.3 Å². The van der Waals surface area contributed by atoms with Gasteiger partial charge in [0.15, 0.2) is 0 Å². The van der Waals surface area contributed by atoms with Gasteiger partial charge in [0.05, 0.1) is 18.8 Å². The Morgan fingerprint density at radius 3 is 2.46 bits per heavy atom. The SMILES string of the molecule is Cc1cc(O)cc(OCC2(CO)CC2)c1.N#Cc1ccccc1S. The molecule has 1 aliphatic rings. The summed E-state index contributed by atoms with van der Waals surface area (Å²) >= 11 is 4.06. The van der Waals surface area contributed by atoms with E-state index in [9.17, 15) is 5.11 Å². The number of aliphatic hydroxyl groups is 1. The third kappa shape index (κ3) is 5.19. The number of phenolic OH excluding ortho intramolecular Hbond substituents is 1. The van der Waals surface area contributed by atoms with Gasteiger partial charge in [-0.05, 0) is 49.6 Å². The zero-order valence-corrected chi connectivity index (χ0v) is 14.5. The highest BCUT2D eigenvalue weighted by Gasteiger charge is 2.42. The molecule has 0 atom stereocenters. The number of nitriles is 1. The topological polar surface area (TPSA) is 73.5 Å². The third-order valence-electron chi connectivity index (χ3n) is 3.90. The number of phenols is 1. The standard InChI is InChI=1S/C12H16O3.C7H5NS/c1-9-4-10(14)6-11(5-9)15-8-12(7-13)2-3-12;8-5-6-3-1-2-4-7(6)9/h4-6,13-14H,2-3,7-8H2,1H3;1-4,9H. The summed E-state index contributed by atoms with van der Waals surface area (Å²) in [5.41, 5.74) is 1.58. The van der Waals surface area contributed by atoms with Crippen LogP contribution in [0.2, 0.25) is 0 Å². The number of aryl methyl sites for hydroxylation is 1. The van der Waals surface area contributed by atoms with Gasteiger partial charge in [0, 0.05) is 16.4 Å². The van der Waals surface area contributed by atoms with Gasteiger partial charge in [-0.3, -0.25) is 0 Å². The number of nitrogens with zero attached hydrogens (tertiary/aromatic N) is 1. The molecule has 0 aromatic heterocycles. The Kier molecular flexibility index (Phi) is 6.13. The molecule has 0 aliphatic heterocycles. The fourth-order valence-corrected chi connectivity index (χ4v) is 2.35. The maximum Gasteiger partial charge on any atom is 0.123 e. The summed E-state index contributed by atoms with van der Waals surface area (Å²) in [6.45, 7) is 2.63. The largest absolute Gasteiger partial charge is 0.508 e. The smallest absolute Gasteiger partial charge is 0.123 e. The van der Waals surface area contributed by atoms with Crippen molar-refractivity contribution in [2.75, 3.05) is 13.2 Å². The molecule has 1 fully saturated rings. The Bertz CT molecular complexity index is 715. The zero-order valence-electron chi connectivity index (χ0n) is 13.6. The second-order valence-corrected chi connectivity index (χ2v) is 6.56. The number of rotatable bonds is 4. The van der Waals surface area contributed by atoms with Crippen LogP contribution in [0.4, 0.5) is 0 Å². The molecule has 0 amide bonds. The molecule has 2 N–H and O–H groups in total. The van der Waals surface area contributed by atoms with Crippen molar-refractivity contribution in [3.05, 3.63) is 53.6 Å². The number of hydrogen-bond acceptors (Lipinski definition) is 5. The van der Waals surface area contributed by atoms with Crippen LogP contribution in [0.25, 0.3) is 0 Å². The highest BCUT2D eigenvalue weighted by atomic mass is 32.1. The summed E-state index contributed by atoms with van der Waals surface area (Å²) in [6.07, 6.45) is 2.06. The summed E-state index contributed by atoms with van der Waals surface area (Å²) in [6, 6.07) is 14.4. The van der Waals surface area contributed by atoms with Crippen LogP contribution in [-0.4, -0.2) is 23.4 Å². The first-order valence-electron chi connectivity index (χ1n) is 7.70. The van der Waals surface area contributed by atoms with Gasteiger partial charge in [-0.1, -0.05) is 12.1 Å². The summed E-state index contributed by atoms with van der Waals surface area (Å²) in [4.78, 5) is 0.736. The lowest BCUT2D eigenvalue weighted by Crippen LogP contribution is -2.17. The second kappa shape index (κ2) is 8.09. The first-order chi connectivity index (χ1) is 11.5. The molecule has 0 radical (unpaired) electrons. The Hall–Kier alpha value is -2.16. The average Bonchev–Trinajstić information content (AvgIpc) is 3.34. The van der Waals surface area contributed by atoms with Crippen molar-refractivity contribution in [1.82, 2.24) is 0 Å². The Morgan fingerprint density at radius 2 is 1.96 bits per heavy atom. The number of thiol groups is 1. The molecule has 1 aliphatic carbocycles. The molecule has 2 aromatic rings. The van der Waals surface area contributed by atoms with Gasteiger partial charge in [-0.2, -0.15) is 5.26 Å². The van der Waals surface area contributed by atoms with Crippen LogP contribution in [-0.2, 0) is 0 Å². The van der Waals surface area contributed by atoms with Crippen LogP contribution in [0.3, 0.4) is 0 Å². The molecule has 0 unspecified atom stereocenters. The van der Waals surface area contributed by atoms with Gasteiger partial charge in [-0.15, -0.1) is 12.6 Å². The molecule has 4 nitrogen and oxygen atoms in total. The Labute approximate surface area is 147 Å². The predicted molar refractivity (Wildman–Crippen MR) is 95.5 cm³/mol. The average molecular weight is 343 g/mol. The minimum Gasteiger partial charge on any atom is -0.508 e. The summed E-state index contributed by atoms with van der Waals surface area (Å²) in [7, 11) is 0. The fourth-order valence-electron chi connectivity index (χ4n) is 2.14. The molecule has 0 heterocycles. The van der Waals surface area contributed by atoms with E-state index in [0.29, 0.717) is 17.9 Å². The second-order valence-electron chi connectivity index (χ2n) is 6.08. The summed E-state index contributed by atoms with van der Waals surface area (Å²) < 4.78 is 5.57. The first kappa shape index (κ1) is 18.2. The van der Waals surface area contributed by atoms with Crippen molar-refractivity contribution in [1.29, 1.82) is 5.26 Å². The normalized spacial score (nSPS) is 14.1. The van der Waals surface area contributed by atoms with Crippen molar-refractivity contribution in [3.63, 3.8) is 0 Å². The van der Waals surface area contributed by atoms with Crippen molar-refractivity contribution in [3.8, 4) is 17.6 Å². The fraction of sp³-hybridized carbons (Fsp3) is 0.316. The van der Waals surface area contributed by atoms with Crippen LogP contribution in [0.15, 0.2) is 47.4 Å². The number of ether oxygens (including phenoxy) is 1. The lowest BCUT2D eigenvalue weighted by atomic mass is 10.1. The predicted octanol–water partition coefficient (Wildman–Crippen LogP) is 3.70. The van der Waals surface area contributed by atoms with Gasteiger partial charge in [0.1, 0.15) is 17.6 Å². The first-order valence-corrected chi connectivity index (χ1v) is 8.15. The molecule has 0 bridgehead atoms. The van der Waals surface area contributed by atoms with E-state index in [1.54, 1.807) is 24.3 Å². The lowest BCUT2D eigenvalue weighted by molar-refractivity contribution is 0.146. The minimum atomic E-state index is -0.0145. The van der Waals surface area contributed by atoms with Crippen LogP contribution < -0.4 is 4.74 Å². The molecule has 5 heteroatoms. The van der Waals surface area contributed by atoms with Crippen LogP contribution in [0.5, 0.6) is 11.5 Å². The van der Waals surface area contributed by atoms with Crippen LogP contribution in [0, 0.1) is 23.7 Å². The molecule has 24 heavy (non-hydrogen) atoms. The number of hydrogen-bond donors (Lipinski definition) is 3. The zero-order chi connectivity index (χ0) is 17.6. The van der Waals surface area contributed by atoms with E-state index in [-0.39, 0.29) is 17.8 Å². The molecule has 1 saturated carbocycles. The monoisotopic (exact) mass is 343 g/mol. The summed E-state index contributed by atoms with van der Waals surface area (Å²) in [5.74, 6) is 0.895. The molecule has 0 spiro atoms. The molecular formula is C19H21NO3S. The van der Waals surface area contributed by atoms with Crippen LogP contribution >= 0.6 is 12.6 Å². The molecule has 3 rings (SSSR count). The van der Waals surface area contributed by atoms with Crippen LogP contribution in [0.1, 0.15) is 24.0 Å². The van der Waals surface area contributed by atoms with Gasteiger partial charge >= 0.3 is 0 Å². The van der Waals surface area contributed by atoms with E-state index in [1.165, 1.54) is 0 Å². The highest BCUT2D eigenvalue weighted by molar-refractivity contribution is 7.80. The van der Waals surface area contributed by atoms with E-state index >= 15 is 0 Å². The van der Waals surface area contributed by atoms with E-state index < -0.39 is 0 Å². The number of aliphatic hydroxyl groups excluding tert-OH is 1. The van der Waals surface area contributed by atoms with Crippen molar-refractivity contribution < 1.29 is 14.9 Å². The Morgan fingerprint density at radius 1 is 1.25 bits per heavy atom. The quantitative estimate of drug-likeness (QED) is 0.740. The highest BCUT2D eigenvalue weighted by Crippen LogP contribution is 2.45. The van der Waals surface area contributed by atoms with E-state index in [1.807, 2.05) is 31.2 Å². The summed E-state index contributed by atoms with van der Waals surface area (Å²) in [5, 5.41) is 26.9. The van der Waals surface area contributed by atoms with Crippen molar-refractivity contribution in [2.45, 2.75) is 24.7 Å². The molecule has 0 saturated heterocycles. The van der Waals surface area contributed by atoms with E-state index in [2.05, 4.69) is 12.6 Å². The maximum atomic E-state index is 9.37. The number of benzene rings is 2. The minimum absolute atomic E-state index is 0.0145. The van der Waals surface area contributed by atoms with Gasteiger partial charge in [0.25, 0.3) is 0 Å².